The lowest BCUT2D eigenvalue weighted by Crippen LogP contribution is -2.41. The predicted molar refractivity (Wildman–Crippen MR) is 96.0 cm³/mol. The van der Waals surface area contributed by atoms with Gasteiger partial charge in [-0.15, -0.1) is 0 Å². The second-order valence-corrected chi connectivity index (χ2v) is 6.82. The molecular formula is C20H26N2O3. The van der Waals surface area contributed by atoms with Gasteiger partial charge < -0.3 is 14.8 Å². The van der Waals surface area contributed by atoms with Crippen molar-refractivity contribution in [3.63, 3.8) is 0 Å². The Balaban J connectivity index is 1.65. The topological polar surface area (TPSA) is 75.4 Å². The summed E-state index contributed by atoms with van der Waals surface area (Å²) in [6, 6.07) is 9.74. The van der Waals surface area contributed by atoms with Gasteiger partial charge in [0.1, 0.15) is 5.76 Å². The van der Waals surface area contributed by atoms with Crippen molar-refractivity contribution in [2.45, 2.75) is 51.5 Å². The number of nitrogens with one attached hydrogen (secondary N) is 1. The summed E-state index contributed by atoms with van der Waals surface area (Å²) >= 11 is 0. The Kier molecular flexibility index (Phi) is 5.87. The lowest BCUT2D eigenvalue weighted by atomic mass is 9.95. The van der Waals surface area contributed by atoms with E-state index in [0.29, 0.717) is 17.3 Å². The fraction of sp³-hybridized carbons (Fsp3) is 0.500. The average Bonchev–Trinajstić information content (AvgIpc) is 2.84. The number of amides is 1. The van der Waals surface area contributed by atoms with Crippen LogP contribution < -0.4 is 5.32 Å². The number of aryl methyl sites for hydroxylation is 1. The minimum Gasteiger partial charge on any atom is -0.441 e. The van der Waals surface area contributed by atoms with Crippen molar-refractivity contribution in [2.24, 2.45) is 5.92 Å². The number of carbonyl (C=O) groups is 1. The molecule has 1 amide bonds. The van der Waals surface area contributed by atoms with Gasteiger partial charge in [0, 0.05) is 24.1 Å². The van der Waals surface area contributed by atoms with E-state index in [-0.39, 0.29) is 30.9 Å². The van der Waals surface area contributed by atoms with Crippen LogP contribution in [0.25, 0.3) is 11.5 Å². The van der Waals surface area contributed by atoms with Crippen molar-refractivity contribution in [3.8, 4) is 11.5 Å². The highest BCUT2D eigenvalue weighted by atomic mass is 16.4. The van der Waals surface area contributed by atoms with E-state index in [1.54, 1.807) is 0 Å². The molecule has 1 aliphatic carbocycles. The number of benzene rings is 1. The fourth-order valence-electron chi connectivity index (χ4n) is 3.50. The third-order valence-electron chi connectivity index (χ3n) is 4.98. The molecule has 0 saturated heterocycles. The van der Waals surface area contributed by atoms with Gasteiger partial charge in [0.15, 0.2) is 0 Å². The Morgan fingerprint density at radius 2 is 2.00 bits per heavy atom. The minimum atomic E-state index is -0.0543. The van der Waals surface area contributed by atoms with Crippen LogP contribution in [-0.4, -0.2) is 28.6 Å². The van der Waals surface area contributed by atoms with Crippen LogP contribution in [0.2, 0.25) is 0 Å². The molecule has 0 bridgehead atoms. The number of nitrogens with zero attached hydrogens (tertiary/aromatic N) is 1. The molecule has 3 rings (SSSR count). The Hall–Kier alpha value is -2.14. The number of hydrogen-bond acceptors (Lipinski definition) is 4. The first-order chi connectivity index (χ1) is 12.2. The van der Waals surface area contributed by atoms with Crippen molar-refractivity contribution in [1.82, 2.24) is 10.3 Å². The van der Waals surface area contributed by atoms with Crippen LogP contribution in [0.3, 0.4) is 0 Å². The Bertz CT molecular complexity index is 696. The maximum atomic E-state index is 12.5. The molecule has 1 heterocycles. The zero-order valence-electron chi connectivity index (χ0n) is 14.7. The van der Waals surface area contributed by atoms with E-state index >= 15 is 0 Å². The summed E-state index contributed by atoms with van der Waals surface area (Å²) in [7, 11) is 0. The van der Waals surface area contributed by atoms with Crippen molar-refractivity contribution in [2.75, 3.05) is 6.61 Å². The van der Waals surface area contributed by atoms with Crippen LogP contribution in [-0.2, 0) is 11.2 Å². The molecule has 1 saturated carbocycles. The van der Waals surface area contributed by atoms with Gasteiger partial charge >= 0.3 is 0 Å². The number of oxazole rings is 1. The van der Waals surface area contributed by atoms with Gasteiger partial charge in [0.05, 0.1) is 12.1 Å². The van der Waals surface area contributed by atoms with Gasteiger partial charge in [-0.1, -0.05) is 37.5 Å². The molecule has 2 atom stereocenters. The maximum Gasteiger partial charge on any atom is 0.226 e. The first kappa shape index (κ1) is 17.7. The number of hydrogen-bond donors (Lipinski definition) is 2. The molecule has 0 aliphatic heterocycles. The minimum absolute atomic E-state index is 0.0543. The monoisotopic (exact) mass is 342 g/mol. The number of rotatable bonds is 5. The largest absolute Gasteiger partial charge is 0.441 e. The van der Waals surface area contributed by atoms with Crippen LogP contribution in [0.5, 0.6) is 0 Å². The maximum absolute atomic E-state index is 12.5. The molecule has 2 unspecified atom stereocenters. The van der Waals surface area contributed by atoms with Gasteiger partial charge in [-0.2, -0.15) is 0 Å². The SMILES string of the molecule is Cc1oc(-c2ccccc2)nc1CC(=O)NC1CCCCCC1CO. The number of aliphatic hydroxyl groups is 1. The summed E-state index contributed by atoms with van der Waals surface area (Å²) in [5, 5.41) is 12.7. The Labute approximate surface area is 148 Å². The van der Waals surface area contributed by atoms with Gasteiger partial charge in [-0.25, -0.2) is 4.98 Å². The molecule has 1 aliphatic rings. The lowest BCUT2D eigenvalue weighted by Gasteiger charge is -2.24. The van der Waals surface area contributed by atoms with Crippen molar-refractivity contribution in [3.05, 3.63) is 41.8 Å². The van der Waals surface area contributed by atoms with Crippen LogP contribution in [0.1, 0.15) is 43.6 Å². The molecule has 1 fully saturated rings. The summed E-state index contributed by atoms with van der Waals surface area (Å²) in [4.78, 5) is 17.0. The fourth-order valence-corrected chi connectivity index (χ4v) is 3.50. The summed E-state index contributed by atoms with van der Waals surface area (Å²) in [5.41, 5.74) is 1.58. The molecular weight excluding hydrogens is 316 g/mol. The molecule has 5 nitrogen and oxygen atoms in total. The van der Waals surface area contributed by atoms with Crippen LogP contribution in [0, 0.1) is 12.8 Å². The molecule has 0 spiro atoms. The Morgan fingerprint density at radius 3 is 2.76 bits per heavy atom. The first-order valence-electron chi connectivity index (χ1n) is 9.09. The van der Waals surface area contributed by atoms with Gasteiger partial charge in [-0.05, 0) is 31.9 Å². The van der Waals surface area contributed by atoms with E-state index in [2.05, 4.69) is 10.3 Å². The highest BCUT2D eigenvalue weighted by molar-refractivity contribution is 5.78. The zero-order chi connectivity index (χ0) is 17.6. The van der Waals surface area contributed by atoms with E-state index in [4.69, 9.17) is 4.42 Å². The average molecular weight is 342 g/mol. The lowest BCUT2D eigenvalue weighted by molar-refractivity contribution is -0.121. The quantitative estimate of drug-likeness (QED) is 0.818. The molecule has 25 heavy (non-hydrogen) atoms. The highest BCUT2D eigenvalue weighted by Gasteiger charge is 2.25. The van der Waals surface area contributed by atoms with E-state index in [0.717, 1.165) is 31.2 Å². The van der Waals surface area contributed by atoms with Crippen LogP contribution in [0.15, 0.2) is 34.7 Å². The molecule has 5 heteroatoms. The summed E-state index contributed by atoms with van der Waals surface area (Å²) in [6.07, 6.45) is 5.51. The van der Waals surface area contributed by atoms with Gasteiger partial charge in [0.2, 0.25) is 11.8 Å². The molecule has 134 valence electrons. The van der Waals surface area contributed by atoms with Crippen molar-refractivity contribution in [1.29, 1.82) is 0 Å². The molecule has 1 aromatic heterocycles. The van der Waals surface area contributed by atoms with E-state index < -0.39 is 0 Å². The number of carbonyl (C=O) groups excluding carboxylic acids is 1. The molecule has 2 N–H and O–H groups in total. The van der Waals surface area contributed by atoms with Gasteiger partial charge in [-0.3, -0.25) is 4.79 Å². The number of aromatic nitrogens is 1. The van der Waals surface area contributed by atoms with E-state index in [1.807, 2.05) is 37.3 Å². The second kappa shape index (κ2) is 8.30. The smallest absolute Gasteiger partial charge is 0.226 e. The highest BCUT2D eigenvalue weighted by Crippen LogP contribution is 2.24. The standard InChI is InChI=1S/C20H26N2O3/c1-14-18(22-20(25-14)15-8-4-2-5-9-15)12-19(24)21-17-11-7-3-6-10-16(17)13-23/h2,4-5,8-9,16-17,23H,3,6-7,10-13H2,1H3,(H,21,24). The van der Waals surface area contributed by atoms with Crippen molar-refractivity contribution < 1.29 is 14.3 Å². The van der Waals surface area contributed by atoms with E-state index in [9.17, 15) is 9.90 Å². The van der Waals surface area contributed by atoms with Crippen LogP contribution in [0.4, 0.5) is 0 Å². The second-order valence-electron chi connectivity index (χ2n) is 6.82. The summed E-state index contributed by atoms with van der Waals surface area (Å²) < 4.78 is 5.72. The predicted octanol–water partition coefficient (Wildman–Crippen LogP) is 3.25. The normalized spacial score (nSPS) is 20.9. The molecule has 1 aromatic carbocycles. The summed E-state index contributed by atoms with van der Waals surface area (Å²) in [6.45, 7) is 1.97. The third kappa shape index (κ3) is 4.48. The molecule has 2 aromatic rings. The van der Waals surface area contributed by atoms with Gasteiger partial charge in [0.25, 0.3) is 0 Å². The summed E-state index contributed by atoms with van der Waals surface area (Å²) in [5.74, 6) is 1.32. The third-order valence-corrected chi connectivity index (χ3v) is 4.98. The molecule has 0 radical (unpaired) electrons. The van der Waals surface area contributed by atoms with Crippen molar-refractivity contribution >= 4 is 5.91 Å². The zero-order valence-corrected chi connectivity index (χ0v) is 14.7. The van der Waals surface area contributed by atoms with E-state index in [1.165, 1.54) is 6.42 Å². The number of aliphatic hydroxyl groups excluding tert-OH is 1. The Morgan fingerprint density at radius 1 is 1.24 bits per heavy atom. The van der Waals surface area contributed by atoms with Crippen LogP contribution >= 0.6 is 0 Å². The first-order valence-corrected chi connectivity index (χ1v) is 9.09.